The van der Waals surface area contributed by atoms with E-state index in [0.29, 0.717) is 13.2 Å². The molecule has 1 amide bonds. The van der Waals surface area contributed by atoms with Crippen molar-refractivity contribution in [2.24, 2.45) is 0 Å². The van der Waals surface area contributed by atoms with Crippen LogP contribution in [0.5, 0.6) is 11.5 Å². The monoisotopic (exact) mass is 391 g/mol. The first-order valence-corrected chi connectivity index (χ1v) is 10.2. The highest BCUT2D eigenvalue weighted by molar-refractivity contribution is 5.69. The molecule has 6 nitrogen and oxygen atoms in total. The minimum Gasteiger partial charge on any atom is -0.491 e. The van der Waals surface area contributed by atoms with Crippen molar-refractivity contribution in [3.8, 4) is 11.5 Å². The number of ether oxygens (including phenoxy) is 4. The number of carbonyl (C=O) groups excluding carboxylic acids is 1. The zero-order valence-electron chi connectivity index (χ0n) is 17.7. The second-order valence-corrected chi connectivity index (χ2v) is 8.81. The third kappa shape index (κ3) is 5.31. The van der Waals surface area contributed by atoms with E-state index in [2.05, 4.69) is 0 Å². The van der Waals surface area contributed by atoms with Gasteiger partial charge in [-0.3, -0.25) is 0 Å². The van der Waals surface area contributed by atoms with Crippen LogP contribution in [0.1, 0.15) is 52.0 Å². The summed E-state index contributed by atoms with van der Waals surface area (Å²) in [5.41, 5.74) is 0.629. The van der Waals surface area contributed by atoms with Crippen molar-refractivity contribution >= 4 is 6.09 Å². The zero-order valence-corrected chi connectivity index (χ0v) is 17.7. The van der Waals surface area contributed by atoms with Gasteiger partial charge in [0.25, 0.3) is 0 Å². The fourth-order valence-electron chi connectivity index (χ4n) is 4.14. The molecule has 2 aliphatic rings. The molecular weight excluding hydrogens is 358 g/mol. The number of hydrogen-bond donors (Lipinski definition) is 0. The molecule has 0 radical (unpaired) electrons. The van der Waals surface area contributed by atoms with Crippen molar-refractivity contribution in [3.63, 3.8) is 0 Å². The molecule has 156 valence electrons. The van der Waals surface area contributed by atoms with E-state index in [0.717, 1.165) is 42.7 Å². The van der Waals surface area contributed by atoms with Gasteiger partial charge >= 0.3 is 6.09 Å². The predicted octanol–water partition coefficient (Wildman–Crippen LogP) is 4.33. The topological polar surface area (TPSA) is 57.2 Å². The SMILES string of the molecule is COCCOc1cc(C)cc(OC2C[C@H]3CC[C@@H](C2)N3C(=O)OC(C)(C)C)c1. The lowest BCUT2D eigenvalue weighted by Crippen LogP contribution is -2.50. The average Bonchev–Trinajstić information content (AvgIpc) is 2.85. The summed E-state index contributed by atoms with van der Waals surface area (Å²) in [5, 5.41) is 0. The van der Waals surface area contributed by atoms with Gasteiger partial charge in [-0.1, -0.05) is 0 Å². The molecule has 3 rings (SSSR count). The van der Waals surface area contributed by atoms with Crippen molar-refractivity contribution in [3.05, 3.63) is 23.8 Å². The summed E-state index contributed by atoms with van der Waals surface area (Å²) in [4.78, 5) is 14.5. The standard InChI is InChI=1S/C22H33NO5/c1-15-10-18(26-9-8-25-5)14-19(11-15)27-20-12-16-6-7-17(13-20)23(16)21(24)28-22(2,3)4/h10-11,14,16-17,20H,6-9,12-13H2,1-5H3/t16-,17+,20?. The molecule has 6 heteroatoms. The molecule has 1 unspecified atom stereocenters. The maximum absolute atomic E-state index is 12.6. The van der Waals surface area contributed by atoms with Crippen molar-refractivity contribution < 1.29 is 23.7 Å². The lowest BCUT2D eigenvalue weighted by atomic mass is 10.00. The van der Waals surface area contributed by atoms with E-state index in [4.69, 9.17) is 18.9 Å². The van der Waals surface area contributed by atoms with Gasteiger partial charge in [-0.2, -0.15) is 0 Å². The molecule has 2 heterocycles. The Kier molecular flexibility index (Phi) is 6.38. The Morgan fingerprint density at radius 2 is 1.71 bits per heavy atom. The highest BCUT2D eigenvalue weighted by Gasteiger charge is 2.45. The fraction of sp³-hybridized carbons (Fsp3) is 0.682. The number of piperidine rings is 1. The van der Waals surface area contributed by atoms with E-state index in [1.807, 2.05) is 50.8 Å². The molecule has 0 N–H and O–H groups in total. The van der Waals surface area contributed by atoms with Crippen molar-refractivity contribution in [1.29, 1.82) is 0 Å². The highest BCUT2D eigenvalue weighted by atomic mass is 16.6. The Hall–Kier alpha value is -1.95. The molecule has 0 saturated carbocycles. The van der Waals surface area contributed by atoms with Crippen LogP contribution in [-0.4, -0.2) is 55.1 Å². The van der Waals surface area contributed by atoms with E-state index in [9.17, 15) is 4.79 Å². The maximum Gasteiger partial charge on any atom is 0.410 e. The normalized spacial score (nSPS) is 24.2. The highest BCUT2D eigenvalue weighted by Crippen LogP contribution is 2.38. The molecule has 2 aliphatic heterocycles. The van der Waals surface area contributed by atoms with E-state index >= 15 is 0 Å². The Morgan fingerprint density at radius 3 is 2.32 bits per heavy atom. The summed E-state index contributed by atoms with van der Waals surface area (Å²) in [6.45, 7) is 8.82. The van der Waals surface area contributed by atoms with Gasteiger partial charge in [0.1, 0.15) is 29.8 Å². The Labute approximate surface area is 168 Å². The van der Waals surface area contributed by atoms with E-state index in [1.165, 1.54) is 0 Å². The lowest BCUT2D eigenvalue weighted by Gasteiger charge is -2.39. The maximum atomic E-state index is 12.6. The van der Waals surface area contributed by atoms with Gasteiger partial charge in [-0.25, -0.2) is 4.79 Å². The molecule has 0 spiro atoms. The van der Waals surface area contributed by atoms with Crippen LogP contribution in [0, 0.1) is 6.92 Å². The van der Waals surface area contributed by atoms with Crippen LogP contribution in [0.3, 0.4) is 0 Å². The predicted molar refractivity (Wildman–Crippen MR) is 107 cm³/mol. The fourth-order valence-corrected chi connectivity index (χ4v) is 4.14. The lowest BCUT2D eigenvalue weighted by molar-refractivity contribution is -0.00709. The van der Waals surface area contributed by atoms with Gasteiger partial charge in [-0.05, 0) is 58.2 Å². The van der Waals surface area contributed by atoms with Crippen LogP contribution in [0.2, 0.25) is 0 Å². The van der Waals surface area contributed by atoms with E-state index in [-0.39, 0.29) is 24.3 Å². The van der Waals surface area contributed by atoms with Crippen LogP contribution in [-0.2, 0) is 9.47 Å². The van der Waals surface area contributed by atoms with Crippen LogP contribution in [0.4, 0.5) is 4.79 Å². The Balaban J connectivity index is 1.61. The number of nitrogens with zero attached hydrogens (tertiary/aromatic N) is 1. The van der Waals surface area contributed by atoms with Gasteiger partial charge < -0.3 is 23.8 Å². The minimum atomic E-state index is -0.468. The number of fused-ring (bicyclic) bond motifs is 2. The summed E-state index contributed by atoms with van der Waals surface area (Å²) in [5.74, 6) is 1.61. The summed E-state index contributed by atoms with van der Waals surface area (Å²) in [7, 11) is 1.66. The molecule has 3 atom stereocenters. The minimum absolute atomic E-state index is 0.102. The summed E-state index contributed by atoms with van der Waals surface area (Å²) < 4.78 is 22.7. The van der Waals surface area contributed by atoms with Crippen LogP contribution in [0.25, 0.3) is 0 Å². The number of carbonyl (C=O) groups is 1. The molecule has 1 aromatic rings. The second kappa shape index (κ2) is 8.60. The molecule has 2 fully saturated rings. The third-order valence-corrected chi connectivity index (χ3v) is 5.18. The number of hydrogen-bond acceptors (Lipinski definition) is 5. The first-order valence-electron chi connectivity index (χ1n) is 10.2. The van der Waals surface area contributed by atoms with Gasteiger partial charge in [-0.15, -0.1) is 0 Å². The number of amides is 1. The van der Waals surface area contributed by atoms with E-state index < -0.39 is 5.60 Å². The third-order valence-electron chi connectivity index (χ3n) is 5.18. The van der Waals surface area contributed by atoms with Crippen molar-refractivity contribution in [2.45, 2.75) is 77.2 Å². The number of benzene rings is 1. The van der Waals surface area contributed by atoms with Gasteiger partial charge in [0.15, 0.2) is 0 Å². The molecule has 0 aromatic heterocycles. The Morgan fingerprint density at radius 1 is 1.07 bits per heavy atom. The van der Waals surface area contributed by atoms with Gasteiger partial charge in [0.05, 0.1) is 6.61 Å². The van der Waals surface area contributed by atoms with Crippen LogP contribution in [0.15, 0.2) is 18.2 Å². The number of aryl methyl sites for hydroxylation is 1. The molecule has 1 aromatic carbocycles. The smallest absolute Gasteiger partial charge is 0.410 e. The van der Waals surface area contributed by atoms with Gasteiger partial charge in [0.2, 0.25) is 0 Å². The first kappa shape index (κ1) is 20.8. The average molecular weight is 392 g/mol. The molecule has 2 bridgehead atoms. The zero-order chi connectivity index (χ0) is 20.3. The van der Waals surface area contributed by atoms with Gasteiger partial charge in [0, 0.05) is 38.1 Å². The van der Waals surface area contributed by atoms with E-state index in [1.54, 1.807) is 7.11 Å². The summed E-state index contributed by atoms with van der Waals surface area (Å²) in [6, 6.07) is 6.36. The number of methoxy groups -OCH3 is 1. The number of rotatable bonds is 6. The quantitative estimate of drug-likeness (QED) is 0.676. The van der Waals surface area contributed by atoms with Crippen LogP contribution < -0.4 is 9.47 Å². The molecule has 28 heavy (non-hydrogen) atoms. The van der Waals surface area contributed by atoms with Crippen LogP contribution >= 0.6 is 0 Å². The molecule has 2 saturated heterocycles. The molecular formula is C22H33NO5. The molecule has 0 aliphatic carbocycles. The second-order valence-electron chi connectivity index (χ2n) is 8.81. The summed E-state index contributed by atoms with van der Waals surface area (Å²) >= 11 is 0. The van der Waals surface area contributed by atoms with Crippen molar-refractivity contribution in [1.82, 2.24) is 4.90 Å². The first-order chi connectivity index (χ1) is 13.2. The van der Waals surface area contributed by atoms with Crippen molar-refractivity contribution in [2.75, 3.05) is 20.3 Å². The Bertz CT molecular complexity index is 670. The largest absolute Gasteiger partial charge is 0.491 e. The summed E-state index contributed by atoms with van der Waals surface area (Å²) in [6.07, 6.45) is 3.62.